The van der Waals surface area contributed by atoms with Crippen molar-refractivity contribution in [2.45, 2.75) is 6.42 Å². The molecule has 0 atom stereocenters. The third kappa shape index (κ3) is 3.02. The summed E-state index contributed by atoms with van der Waals surface area (Å²) in [5.74, 6) is -1.62. The lowest BCUT2D eigenvalue weighted by atomic mass is 10.1. The first-order valence-electron chi connectivity index (χ1n) is 4.28. The molecule has 0 saturated heterocycles. The molecule has 1 aromatic rings. The van der Waals surface area contributed by atoms with Gasteiger partial charge in [-0.25, -0.2) is 9.18 Å². The second-order valence-electron chi connectivity index (χ2n) is 2.85. The molecular formula is C11H9FO3. The van der Waals surface area contributed by atoms with Crippen LogP contribution in [0.2, 0.25) is 0 Å². The van der Waals surface area contributed by atoms with E-state index < -0.39 is 11.8 Å². The van der Waals surface area contributed by atoms with Crippen LogP contribution in [0, 0.1) is 5.82 Å². The molecule has 0 spiro atoms. The van der Waals surface area contributed by atoms with Crippen molar-refractivity contribution in [3.8, 4) is 0 Å². The molecule has 0 fully saturated rings. The zero-order valence-electron chi connectivity index (χ0n) is 7.81. The largest absolute Gasteiger partial charge is 0.478 e. The van der Waals surface area contributed by atoms with Gasteiger partial charge in [0.2, 0.25) is 0 Å². The van der Waals surface area contributed by atoms with Gasteiger partial charge in [0.15, 0.2) is 0 Å². The number of allylic oxidation sites excluding steroid dienone is 1. The highest BCUT2D eigenvalue weighted by molar-refractivity contribution is 5.88. The lowest BCUT2D eigenvalue weighted by Crippen LogP contribution is -1.97. The molecule has 0 saturated carbocycles. The van der Waals surface area contributed by atoms with Crippen LogP contribution < -0.4 is 0 Å². The SMILES string of the molecule is O=CCC=Cc1cc(C(=O)O)ccc1F. The molecule has 0 aliphatic carbocycles. The van der Waals surface area contributed by atoms with Gasteiger partial charge >= 0.3 is 5.97 Å². The Morgan fingerprint density at radius 1 is 1.47 bits per heavy atom. The summed E-state index contributed by atoms with van der Waals surface area (Å²) in [6, 6.07) is 3.50. The number of carbonyl (C=O) groups excluding carboxylic acids is 1. The Bertz CT molecular complexity index is 410. The van der Waals surface area contributed by atoms with Crippen molar-refractivity contribution in [2.24, 2.45) is 0 Å². The lowest BCUT2D eigenvalue weighted by Gasteiger charge is -1.98. The molecule has 0 heterocycles. The third-order valence-electron chi connectivity index (χ3n) is 1.77. The quantitative estimate of drug-likeness (QED) is 0.771. The number of rotatable bonds is 4. The topological polar surface area (TPSA) is 54.4 Å². The predicted molar refractivity (Wildman–Crippen MR) is 53.1 cm³/mol. The van der Waals surface area contributed by atoms with E-state index in [-0.39, 0.29) is 17.5 Å². The molecule has 1 rings (SSSR count). The van der Waals surface area contributed by atoms with Gasteiger partial charge in [-0.15, -0.1) is 0 Å². The van der Waals surface area contributed by atoms with Gasteiger partial charge in [0.25, 0.3) is 0 Å². The minimum absolute atomic E-state index is 0.0159. The van der Waals surface area contributed by atoms with Crippen molar-refractivity contribution in [3.05, 3.63) is 41.2 Å². The Hall–Kier alpha value is -1.97. The zero-order chi connectivity index (χ0) is 11.3. The Morgan fingerprint density at radius 2 is 2.20 bits per heavy atom. The van der Waals surface area contributed by atoms with Gasteiger partial charge < -0.3 is 9.90 Å². The highest BCUT2D eigenvalue weighted by Gasteiger charge is 2.05. The third-order valence-corrected chi connectivity index (χ3v) is 1.77. The number of halogens is 1. The van der Waals surface area contributed by atoms with Gasteiger partial charge in [0.05, 0.1) is 5.56 Å². The van der Waals surface area contributed by atoms with Gasteiger partial charge in [0, 0.05) is 12.0 Å². The zero-order valence-corrected chi connectivity index (χ0v) is 7.81. The van der Waals surface area contributed by atoms with E-state index in [9.17, 15) is 14.0 Å². The van der Waals surface area contributed by atoms with Gasteiger partial charge in [0.1, 0.15) is 12.1 Å². The molecule has 0 aliphatic rings. The second-order valence-corrected chi connectivity index (χ2v) is 2.85. The number of aldehydes is 1. The predicted octanol–water partition coefficient (Wildman–Crippen LogP) is 2.13. The fourth-order valence-electron chi connectivity index (χ4n) is 1.06. The van der Waals surface area contributed by atoms with E-state index >= 15 is 0 Å². The van der Waals surface area contributed by atoms with Crippen molar-refractivity contribution in [3.63, 3.8) is 0 Å². The Morgan fingerprint density at radius 3 is 2.80 bits per heavy atom. The van der Waals surface area contributed by atoms with Crippen LogP contribution in [0.3, 0.4) is 0 Å². The van der Waals surface area contributed by atoms with Gasteiger partial charge in [-0.05, 0) is 18.2 Å². The summed E-state index contributed by atoms with van der Waals surface area (Å²) in [4.78, 5) is 20.6. The van der Waals surface area contributed by atoms with E-state index in [2.05, 4.69) is 0 Å². The van der Waals surface area contributed by atoms with Gasteiger partial charge in [-0.3, -0.25) is 0 Å². The number of carboxylic acid groups (broad SMARTS) is 1. The van der Waals surface area contributed by atoms with Crippen LogP contribution in [-0.4, -0.2) is 17.4 Å². The Labute approximate surface area is 85.8 Å². The maximum absolute atomic E-state index is 13.1. The molecule has 1 aromatic carbocycles. The summed E-state index contributed by atoms with van der Waals surface area (Å²) in [5.41, 5.74) is 0.180. The van der Waals surface area contributed by atoms with E-state index in [0.717, 1.165) is 6.07 Å². The highest BCUT2D eigenvalue weighted by atomic mass is 19.1. The van der Waals surface area contributed by atoms with Gasteiger partial charge in [-0.2, -0.15) is 0 Å². The molecule has 4 heteroatoms. The van der Waals surface area contributed by atoms with E-state index in [1.54, 1.807) is 0 Å². The molecule has 0 bridgehead atoms. The van der Waals surface area contributed by atoms with Crippen molar-refractivity contribution in [1.29, 1.82) is 0 Å². The van der Waals surface area contributed by atoms with Crippen LogP contribution >= 0.6 is 0 Å². The second kappa shape index (κ2) is 5.05. The fourth-order valence-corrected chi connectivity index (χ4v) is 1.06. The number of carboxylic acids is 1. The normalized spacial score (nSPS) is 10.5. The minimum Gasteiger partial charge on any atom is -0.478 e. The molecular weight excluding hydrogens is 199 g/mol. The smallest absolute Gasteiger partial charge is 0.335 e. The molecule has 0 aliphatic heterocycles. The van der Waals surface area contributed by atoms with Crippen molar-refractivity contribution >= 4 is 18.3 Å². The van der Waals surface area contributed by atoms with Crippen LogP contribution in [0.4, 0.5) is 4.39 Å². The molecule has 0 radical (unpaired) electrons. The van der Waals surface area contributed by atoms with Crippen molar-refractivity contribution < 1.29 is 19.1 Å². The van der Waals surface area contributed by atoms with Crippen molar-refractivity contribution in [1.82, 2.24) is 0 Å². The van der Waals surface area contributed by atoms with E-state index in [0.29, 0.717) is 6.29 Å². The maximum atomic E-state index is 13.1. The van der Waals surface area contributed by atoms with Crippen molar-refractivity contribution in [2.75, 3.05) is 0 Å². The van der Waals surface area contributed by atoms with Crippen LogP contribution in [0.15, 0.2) is 24.3 Å². The Balaban J connectivity index is 3.00. The first-order chi connectivity index (χ1) is 7.15. The van der Waals surface area contributed by atoms with Crippen LogP contribution in [0.1, 0.15) is 22.3 Å². The van der Waals surface area contributed by atoms with E-state index in [1.807, 2.05) is 0 Å². The molecule has 3 nitrogen and oxygen atoms in total. The summed E-state index contributed by atoms with van der Waals surface area (Å²) in [6.45, 7) is 0. The number of benzene rings is 1. The molecule has 0 amide bonds. The van der Waals surface area contributed by atoms with Gasteiger partial charge in [-0.1, -0.05) is 12.2 Å². The molecule has 15 heavy (non-hydrogen) atoms. The maximum Gasteiger partial charge on any atom is 0.335 e. The minimum atomic E-state index is -1.11. The van der Waals surface area contributed by atoms with Crippen LogP contribution in [-0.2, 0) is 4.79 Å². The van der Waals surface area contributed by atoms with E-state index in [1.165, 1.54) is 24.3 Å². The molecule has 78 valence electrons. The summed E-state index contributed by atoms with van der Waals surface area (Å²) in [6.07, 6.45) is 3.71. The van der Waals surface area contributed by atoms with E-state index in [4.69, 9.17) is 5.11 Å². The highest BCUT2D eigenvalue weighted by Crippen LogP contribution is 2.12. The average molecular weight is 208 g/mol. The monoisotopic (exact) mass is 208 g/mol. The first-order valence-corrected chi connectivity index (χ1v) is 4.28. The fraction of sp³-hybridized carbons (Fsp3) is 0.0909. The number of hydrogen-bond acceptors (Lipinski definition) is 2. The number of carbonyl (C=O) groups is 2. The summed E-state index contributed by atoms with van der Waals surface area (Å²) in [5, 5.41) is 8.67. The summed E-state index contributed by atoms with van der Waals surface area (Å²) in [7, 11) is 0. The van der Waals surface area contributed by atoms with Crippen LogP contribution in [0.25, 0.3) is 6.08 Å². The average Bonchev–Trinajstić information content (AvgIpc) is 2.20. The Kier molecular flexibility index (Phi) is 3.74. The molecule has 1 N–H and O–H groups in total. The first kappa shape index (κ1) is 11.1. The summed E-state index contributed by atoms with van der Waals surface area (Å²) >= 11 is 0. The van der Waals surface area contributed by atoms with Crippen LogP contribution in [0.5, 0.6) is 0 Å². The molecule has 0 aromatic heterocycles. The summed E-state index contributed by atoms with van der Waals surface area (Å²) < 4.78 is 13.1. The molecule has 0 unspecified atom stereocenters. The number of aromatic carboxylic acids is 1. The standard InChI is InChI=1S/C11H9FO3/c12-10-5-4-9(11(14)15)7-8(10)3-1-2-6-13/h1,3-7H,2H2,(H,14,15). The number of hydrogen-bond donors (Lipinski definition) is 1. The lowest BCUT2D eigenvalue weighted by molar-refractivity contribution is -0.107.